The summed E-state index contributed by atoms with van der Waals surface area (Å²) < 4.78 is 39.5. The van der Waals surface area contributed by atoms with E-state index >= 15 is 4.39 Å². The number of carbonyl (C=O) groups is 1. The van der Waals surface area contributed by atoms with Gasteiger partial charge in [0.2, 0.25) is 0 Å². The molecular weight excluding hydrogens is 653 g/mol. The lowest BCUT2D eigenvalue weighted by Gasteiger charge is -2.26. The van der Waals surface area contributed by atoms with Crippen LogP contribution in [0.25, 0.3) is 33.4 Å². The number of aromatic nitrogens is 4. The summed E-state index contributed by atoms with van der Waals surface area (Å²) in [4.78, 5) is 27.3. The molecule has 0 bridgehead atoms. The number of carbonyl (C=O) groups excluding carboxylic acids is 1. The maximum absolute atomic E-state index is 15.7. The fourth-order valence-electron chi connectivity index (χ4n) is 6.24. The number of anilines is 1. The van der Waals surface area contributed by atoms with Gasteiger partial charge < -0.3 is 24.1 Å². The van der Waals surface area contributed by atoms with Crippen molar-refractivity contribution in [2.24, 2.45) is 0 Å². The summed E-state index contributed by atoms with van der Waals surface area (Å²) in [5, 5.41) is 11.5. The van der Waals surface area contributed by atoms with Crippen LogP contribution in [-0.2, 0) is 22.0 Å². The summed E-state index contributed by atoms with van der Waals surface area (Å²) in [6.45, 7) is 0.234. The van der Waals surface area contributed by atoms with Gasteiger partial charge in [0.1, 0.15) is 24.2 Å². The normalized spacial score (nSPS) is 18.5. The number of methoxy groups -OCH3 is 2. The van der Waals surface area contributed by atoms with Gasteiger partial charge in [0.15, 0.2) is 23.2 Å². The molecule has 0 saturated carbocycles. The third-order valence-corrected chi connectivity index (χ3v) is 9.02. The van der Waals surface area contributed by atoms with E-state index in [-0.39, 0.29) is 42.5 Å². The minimum atomic E-state index is -2.40. The summed E-state index contributed by atoms with van der Waals surface area (Å²) in [6.07, 6.45) is -0.233. The number of hydrogen-bond acceptors (Lipinski definition) is 9. The van der Waals surface area contributed by atoms with Crippen LogP contribution < -0.4 is 14.4 Å². The first-order valence-corrected chi connectivity index (χ1v) is 16.3. The van der Waals surface area contributed by atoms with Crippen molar-refractivity contribution in [1.82, 2.24) is 19.5 Å². The Morgan fingerprint density at radius 1 is 0.922 bits per heavy atom. The third kappa shape index (κ3) is 6.64. The molecule has 1 saturated heterocycles. The maximum atomic E-state index is 15.7. The Bertz CT molecular complexity index is 2140. The van der Waals surface area contributed by atoms with Crippen LogP contribution >= 0.6 is 0 Å². The van der Waals surface area contributed by atoms with Gasteiger partial charge in [0.05, 0.1) is 33.5 Å². The molecule has 6 aromatic rings. The number of alkyl halides is 1. The molecule has 3 atom stereocenters. The van der Waals surface area contributed by atoms with E-state index < -0.39 is 18.2 Å². The Labute approximate surface area is 293 Å². The van der Waals surface area contributed by atoms with Crippen molar-refractivity contribution in [3.8, 4) is 33.8 Å². The average Bonchev–Trinajstić information content (AvgIpc) is 3.75. The standard InChI is InChI=1S/C39H36FN5O6/c1-44(38(46)27-7-5-4-6-8-27)36-35-37(42-23-41-36)45(24-43-35)39(47)34(40)20-32(51-39)22-50-21-29-10-9-28(25-11-15-30(48-2)16-12-25)19-33(29)26-13-17-31(49-3)18-14-26/h4-19,23-24,32,34,47H,20-22H2,1-3H3. The number of amides is 1. The zero-order valence-electron chi connectivity index (χ0n) is 28.3. The molecule has 1 amide bonds. The van der Waals surface area contributed by atoms with Crippen LogP contribution in [0.5, 0.6) is 11.5 Å². The predicted molar refractivity (Wildman–Crippen MR) is 189 cm³/mol. The van der Waals surface area contributed by atoms with E-state index in [0.29, 0.717) is 5.56 Å². The Balaban J connectivity index is 1.08. The second kappa shape index (κ2) is 14.3. The minimum Gasteiger partial charge on any atom is -0.497 e. The largest absolute Gasteiger partial charge is 0.497 e. The quantitative estimate of drug-likeness (QED) is 0.165. The van der Waals surface area contributed by atoms with Crippen molar-refractivity contribution in [3.05, 3.63) is 121 Å². The lowest BCUT2D eigenvalue weighted by atomic mass is 9.94. The van der Waals surface area contributed by atoms with Gasteiger partial charge in [-0.25, -0.2) is 19.3 Å². The van der Waals surface area contributed by atoms with E-state index in [1.54, 1.807) is 45.5 Å². The number of nitrogens with zero attached hydrogens (tertiary/aromatic N) is 5. The average molecular weight is 690 g/mol. The van der Waals surface area contributed by atoms with Crippen LogP contribution in [0.4, 0.5) is 10.2 Å². The van der Waals surface area contributed by atoms with Gasteiger partial charge in [-0.3, -0.25) is 14.3 Å². The van der Waals surface area contributed by atoms with Crippen LogP contribution in [0.2, 0.25) is 0 Å². The van der Waals surface area contributed by atoms with Gasteiger partial charge in [-0.1, -0.05) is 54.6 Å². The molecule has 2 aromatic heterocycles. The Morgan fingerprint density at radius 3 is 2.27 bits per heavy atom. The first kappa shape index (κ1) is 33.8. The highest BCUT2D eigenvalue weighted by molar-refractivity contribution is 6.08. The summed E-state index contributed by atoms with van der Waals surface area (Å²) in [6, 6.07) is 30.5. The molecule has 11 nitrogen and oxygen atoms in total. The molecule has 260 valence electrons. The predicted octanol–water partition coefficient (Wildman–Crippen LogP) is 6.40. The van der Waals surface area contributed by atoms with E-state index in [4.69, 9.17) is 18.9 Å². The highest BCUT2D eigenvalue weighted by Gasteiger charge is 2.51. The van der Waals surface area contributed by atoms with E-state index in [0.717, 1.165) is 43.9 Å². The molecular formula is C39H36FN5O6. The molecule has 4 aromatic carbocycles. The number of ether oxygens (including phenoxy) is 4. The molecule has 1 aliphatic rings. The van der Waals surface area contributed by atoms with Crippen molar-refractivity contribution in [1.29, 1.82) is 0 Å². The van der Waals surface area contributed by atoms with Gasteiger partial charge in [-0.05, 0) is 70.3 Å². The molecule has 0 spiro atoms. The number of halogens is 1. The van der Waals surface area contributed by atoms with Crippen LogP contribution in [0.1, 0.15) is 22.3 Å². The van der Waals surface area contributed by atoms with Gasteiger partial charge in [0.25, 0.3) is 11.8 Å². The van der Waals surface area contributed by atoms with Gasteiger partial charge >= 0.3 is 0 Å². The van der Waals surface area contributed by atoms with E-state index in [1.807, 2.05) is 66.7 Å². The first-order valence-electron chi connectivity index (χ1n) is 16.3. The number of fused-ring (bicyclic) bond motifs is 1. The summed E-state index contributed by atoms with van der Waals surface area (Å²) in [5.41, 5.74) is 5.69. The Kier molecular flexibility index (Phi) is 9.46. The topological polar surface area (TPSA) is 121 Å². The number of imidazole rings is 1. The molecule has 7 rings (SSSR count). The fourth-order valence-corrected chi connectivity index (χ4v) is 6.24. The van der Waals surface area contributed by atoms with Crippen LogP contribution in [-0.4, -0.2) is 70.7 Å². The van der Waals surface area contributed by atoms with Gasteiger partial charge in [-0.15, -0.1) is 0 Å². The molecule has 0 radical (unpaired) electrons. The number of benzene rings is 4. The minimum absolute atomic E-state index is 0.0200. The Morgan fingerprint density at radius 2 is 1.59 bits per heavy atom. The second-order valence-electron chi connectivity index (χ2n) is 12.2. The third-order valence-electron chi connectivity index (χ3n) is 9.02. The molecule has 51 heavy (non-hydrogen) atoms. The van der Waals surface area contributed by atoms with Crippen LogP contribution in [0.3, 0.4) is 0 Å². The first-order chi connectivity index (χ1) is 24.8. The molecule has 0 aliphatic carbocycles. The van der Waals surface area contributed by atoms with Crippen molar-refractivity contribution in [2.45, 2.75) is 31.2 Å². The summed E-state index contributed by atoms with van der Waals surface area (Å²) in [5.74, 6) is -0.985. The highest BCUT2D eigenvalue weighted by Crippen LogP contribution is 2.38. The number of aliphatic hydroxyl groups is 1. The highest BCUT2D eigenvalue weighted by atomic mass is 19.1. The summed E-state index contributed by atoms with van der Waals surface area (Å²) in [7, 11) is 4.83. The molecule has 12 heteroatoms. The van der Waals surface area contributed by atoms with Gasteiger partial charge in [0, 0.05) is 19.0 Å². The monoisotopic (exact) mass is 689 g/mol. The molecule has 3 unspecified atom stereocenters. The van der Waals surface area contributed by atoms with Crippen molar-refractivity contribution < 1.29 is 33.2 Å². The van der Waals surface area contributed by atoms with Crippen molar-refractivity contribution >= 4 is 22.9 Å². The zero-order chi connectivity index (χ0) is 35.5. The Hall–Kier alpha value is -5.69. The van der Waals surface area contributed by atoms with Crippen LogP contribution in [0.15, 0.2) is 110 Å². The van der Waals surface area contributed by atoms with Crippen molar-refractivity contribution in [3.63, 3.8) is 0 Å². The molecule has 1 N–H and O–H groups in total. The lowest BCUT2D eigenvalue weighted by molar-refractivity contribution is -0.276. The SMILES string of the molecule is COc1ccc(-c2ccc(COCC3CC(F)C(O)(n4cnc5c(N(C)C(=O)c6ccccc6)ncnc54)O3)c(-c3ccc(OC)cc3)c2)cc1. The van der Waals surface area contributed by atoms with Crippen molar-refractivity contribution in [2.75, 3.05) is 32.8 Å². The van der Waals surface area contributed by atoms with E-state index in [2.05, 4.69) is 21.0 Å². The number of rotatable bonds is 11. The molecule has 3 heterocycles. The summed E-state index contributed by atoms with van der Waals surface area (Å²) >= 11 is 0. The lowest BCUT2D eigenvalue weighted by Crippen LogP contribution is -2.40. The maximum Gasteiger partial charge on any atom is 0.288 e. The second-order valence-corrected chi connectivity index (χ2v) is 12.2. The van der Waals surface area contributed by atoms with E-state index in [9.17, 15) is 9.90 Å². The number of hydrogen-bond donors (Lipinski definition) is 1. The van der Waals surface area contributed by atoms with Crippen LogP contribution in [0, 0.1) is 0 Å². The molecule has 1 fully saturated rings. The van der Waals surface area contributed by atoms with E-state index in [1.165, 1.54) is 17.6 Å². The fraction of sp³-hybridized carbons (Fsp3) is 0.231. The zero-order valence-corrected chi connectivity index (χ0v) is 28.3. The molecule has 1 aliphatic heterocycles. The van der Waals surface area contributed by atoms with Gasteiger partial charge in [-0.2, -0.15) is 0 Å². The smallest absolute Gasteiger partial charge is 0.288 e.